The van der Waals surface area contributed by atoms with Crippen LogP contribution in [0.15, 0.2) is 36.9 Å². The minimum Gasteiger partial charge on any atom is -0.493 e. The van der Waals surface area contributed by atoms with E-state index < -0.39 is 0 Å². The molecule has 30 heavy (non-hydrogen) atoms. The molecule has 2 aliphatic heterocycles. The maximum Gasteiger partial charge on any atom is 0.244 e. The minimum absolute atomic E-state index is 0.0233. The number of carbonyl (C=O) groups excluding carboxylic acids is 1. The quantitative estimate of drug-likeness (QED) is 0.496. The topological polar surface area (TPSA) is 60.0 Å². The Bertz CT molecular complexity index is 735. The van der Waals surface area contributed by atoms with Crippen LogP contribution in [0, 0.1) is 0 Å². The standard InChI is InChI=1S/C24H34N2O4/c1-3-15-30-21-9-7-20(18-22(21)28-2)8-10-23(27)25-19-24(11-16-29-17-12-24)26-13-5-4-6-14-26/h3,7-10,18H,1,4-6,11-17,19H2,2H3,(H,25,27)/b10-8+. The number of amides is 1. The Balaban J connectivity index is 1.59. The van der Waals surface area contributed by atoms with E-state index in [1.165, 1.54) is 19.3 Å². The van der Waals surface area contributed by atoms with Gasteiger partial charge in [-0.15, -0.1) is 0 Å². The SMILES string of the molecule is C=CCOc1ccc(/C=C/C(=O)NCC2(N3CCCCC3)CCOCC2)cc1OC. The summed E-state index contributed by atoms with van der Waals surface area (Å²) in [5.74, 6) is 1.21. The smallest absolute Gasteiger partial charge is 0.244 e. The van der Waals surface area contributed by atoms with Crippen molar-refractivity contribution in [2.45, 2.75) is 37.6 Å². The van der Waals surface area contributed by atoms with Crippen LogP contribution in [0.3, 0.4) is 0 Å². The number of nitrogens with one attached hydrogen (secondary N) is 1. The van der Waals surface area contributed by atoms with Crippen LogP contribution in [0.5, 0.6) is 11.5 Å². The van der Waals surface area contributed by atoms with Crippen molar-refractivity contribution in [2.24, 2.45) is 0 Å². The van der Waals surface area contributed by atoms with Gasteiger partial charge in [0.05, 0.1) is 7.11 Å². The summed E-state index contributed by atoms with van der Waals surface area (Å²) in [4.78, 5) is 15.1. The van der Waals surface area contributed by atoms with Gasteiger partial charge in [-0.05, 0) is 62.5 Å². The van der Waals surface area contributed by atoms with Gasteiger partial charge in [0.25, 0.3) is 0 Å². The van der Waals surface area contributed by atoms with Gasteiger partial charge in [-0.3, -0.25) is 9.69 Å². The Morgan fingerprint density at radius 1 is 1.23 bits per heavy atom. The fourth-order valence-electron chi connectivity index (χ4n) is 4.26. The highest BCUT2D eigenvalue weighted by molar-refractivity contribution is 5.91. The molecule has 1 aromatic rings. The van der Waals surface area contributed by atoms with E-state index in [9.17, 15) is 4.79 Å². The third-order valence-electron chi connectivity index (χ3n) is 6.01. The molecular weight excluding hydrogens is 380 g/mol. The second kappa shape index (κ2) is 11.2. The number of benzene rings is 1. The van der Waals surface area contributed by atoms with Crippen molar-refractivity contribution in [3.8, 4) is 11.5 Å². The Labute approximate surface area is 179 Å². The fraction of sp³-hybridized carbons (Fsp3) is 0.542. The first kappa shape index (κ1) is 22.4. The van der Waals surface area contributed by atoms with Gasteiger partial charge >= 0.3 is 0 Å². The fourth-order valence-corrected chi connectivity index (χ4v) is 4.26. The zero-order chi connectivity index (χ0) is 21.2. The molecule has 0 spiro atoms. The summed E-state index contributed by atoms with van der Waals surface area (Å²) in [7, 11) is 1.60. The first-order valence-corrected chi connectivity index (χ1v) is 10.9. The largest absolute Gasteiger partial charge is 0.493 e. The molecule has 2 heterocycles. The van der Waals surface area contributed by atoms with Crippen molar-refractivity contribution in [1.29, 1.82) is 0 Å². The number of hydrogen-bond acceptors (Lipinski definition) is 5. The van der Waals surface area contributed by atoms with Crippen LogP contribution in [-0.4, -0.2) is 62.9 Å². The number of methoxy groups -OCH3 is 1. The number of hydrogen-bond donors (Lipinski definition) is 1. The van der Waals surface area contributed by atoms with Crippen molar-refractivity contribution in [2.75, 3.05) is 46.6 Å². The summed E-state index contributed by atoms with van der Waals surface area (Å²) in [5, 5.41) is 3.14. The van der Waals surface area contributed by atoms with Gasteiger partial charge in [0, 0.05) is 31.4 Å². The highest BCUT2D eigenvalue weighted by atomic mass is 16.5. The Kier molecular flexibility index (Phi) is 8.34. The molecule has 3 rings (SSSR count). The lowest BCUT2D eigenvalue weighted by Crippen LogP contribution is -2.59. The number of rotatable bonds is 9. The molecule has 2 saturated heterocycles. The van der Waals surface area contributed by atoms with E-state index in [0.717, 1.165) is 44.7 Å². The number of piperidine rings is 1. The molecule has 0 unspecified atom stereocenters. The summed E-state index contributed by atoms with van der Waals surface area (Å²) in [6, 6.07) is 5.60. The molecule has 0 aromatic heterocycles. The molecule has 2 fully saturated rings. The van der Waals surface area contributed by atoms with Crippen molar-refractivity contribution in [1.82, 2.24) is 10.2 Å². The maximum atomic E-state index is 12.5. The van der Waals surface area contributed by atoms with E-state index in [1.807, 2.05) is 18.2 Å². The minimum atomic E-state index is -0.0798. The Morgan fingerprint density at radius 3 is 2.70 bits per heavy atom. The van der Waals surface area contributed by atoms with Gasteiger partial charge in [0.2, 0.25) is 5.91 Å². The van der Waals surface area contributed by atoms with Crippen LogP contribution in [0.25, 0.3) is 6.08 Å². The molecule has 6 nitrogen and oxygen atoms in total. The molecule has 2 aliphatic rings. The van der Waals surface area contributed by atoms with Gasteiger partial charge < -0.3 is 19.5 Å². The highest BCUT2D eigenvalue weighted by Crippen LogP contribution is 2.31. The Hall–Kier alpha value is -2.31. The zero-order valence-corrected chi connectivity index (χ0v) is 18.0. The average molecular weight is 415 g/mol. The first-order chi connectivity index (χ1) is 14.7. The highest BCUT2D eigenvalue weighted by Gasteiger charge is 2.38. The van der Waals surface area contributed by atoms with Gasteiger partial charge in [-0.2, -0.15) is 0 Å². The summed E-state index contributed by atoms with van der Waals surface area (Å²) in [5.41, 5.74) is 0.903. The predicted octanol–water partition coefficient (Wildman–Crippen LogP) is 3.42. The van der Waals surface area contributed by atoms with Crippen molar-refractivity contribution < 1.29 is 19.0 Å². The predicted molar refractivity (Wildman–Crippen MR) is 119 cm³/mol. The maximum absolute atomic E-state index is 12.5. The number of ether oxygens (including phenoxy) is 3. The monoisotopic (exact) mass is 414 g/mol. The average Bonchev–Trinajstić information content (AvgIpc) is 2.81. The molecule has 0 aliphatic carbocycles. The van der Waals surface area contributed by atoms with Crippen LogP contribution < -0.4 is 14.8 Å². The second-order valence-electron chi connectivity index (χ2n) is 7.95. The van der Waals surface area contributed by atoms with Gasteiger partial charge in [0.15, 0.2) is 11.5 Å². The lowest BCUT2D eigenvalue weighted by Gasteiger charge is -2.48. The number of nitrogens with zero attached hydrogens (tertiary/aromatic N) is 1. The van der Waals surface area contributed by atoms with Crippen LogP contribution in [0.1, 0.15) is 37.7 Å². The molecule has 0 saturated carbocycles. The third-order valence-corrected chi connectivity index (χ3v) is 6.01. The van der Waals surface area contributed by atoms with Crippen LogP contribution in [0.4, 0.5) is 0 Å². The van der Waals surface area contributed by atoms with Crippen molar-refractivity contribution >= 4 is 12.0 Å². The molecule has 164 valence electrons. The van der Waals surface area contributed by atoms with E-state index in [1.54, 1.807) is 25.3 Å². The lowest BCUT2D eigenvalue weighted by molar-refractivity contribution is -0.118. The van der Waals surface area contributed by atoms with E-state index in [2.05, 4.69) is 16.8 Å². The molecule has 1 aromatic carbocycles. The molecule has 6 heteroatoms. The van der Waals surface area contributed by atoms with Gasteiger partial charge in [-0.25, -0.2) is 0 Å². The zero-order valence-electron chi connectivity index (χ0n) is 18.0. The van der Waals surface area contributed by atoms with Crippen molar-refractivity contribution in [3.63, 3.8) is 0 Å². The van der Waals surface area contributed by atoms with Crippen molar-refractivity contribution in [3.05, 3.63) is 42.5 Å². The van der Waals surface area contributed by atoms with Crippen LogP contribution in [0.2, 0.25) is 0 Å². The molecule has 1 amide bonds. The Morgan fingerprint density at radius 2 is 2.00 bits per heavy atom. The summed E-state index contributed by atoms with van der Waals surface area (Å²) < 4.78 is 16.6. The molecule has 0 bridgehead atoms. The van der Waals surface area contributed by atoms with E-state index in [-0.39, 0.29) is 11.4 Å². The summed E-state index contributed by atoms with van der Waals surface area (Å²) in [6.07, 6.45) is 10.8. The van der Waals surface area contributed by atoms with E-state index in [4.69, 9.17) is 14.2 Å². The van der Waals surface area contributed by atoms with Crippen LogP contribution >= 0.6 is 0 Å². The third kappa shape index (κ3) is 5.86. The van der Waals surface area contributed by atoms with Gasteiger partial charge in [-0.1, -0.05) is 25.1 Å². The first-order valence-electron chi connectivity index (χ1n) is 10.9. The molecule has 0 atom stereocenters. The second-order valence-corrected chi connectivity index (χ2v) is 7.95. The normalized spacial score (nSPS) is 19.4. The van der Waals surface area contributed by atoms with Crippen LogP contribution in [-0.2, 0) is 9.53 Å². The van der Waals surface area contributed by atoms with E-state index >= 15 is 0 Å². The summed E-state index contributed by atoms with van der Waals surface area (Å²) >= 11 is 0. The molecule has 1 N–H and O–H groups in total. The molecule has 0 radical (unpaired) electrons. The number of likely N-dealkylation sites (tertiary alicyclic amines) is 1. The van der Waals surface area contributed by atoms with Gasteiger partial charge in [0.1, 0.15) is 6.61 Å². The summed E-state index contributed by atoms with van der Waals surface area (Å²) in [6.45, 7) is 8.50. The number of carbonyl (C=O) groups is 1. The van der Waals surface area contributed by atoms with E-state index in [0.29, 0.717) is 24.7 Å². The molecular formula is C24H34N2O4. The lowest BCUT2D eigenvalue weighted by atomic mass is 9.86.